The van der Waals surface area contributed by atoms with Crippen LogP contribution in [0.4, 0.5) is 0 Å². The Bertz CT molecular complexity index is 511. The number of nitrogens with zero attached hydrogens (tertiary/aromatic N) is 3. The molecule has 0 radical (unpaired) electrons. The number of hydrogen-bond donors (Lipinski definition) is 5. The van der Waals surface area contributed by atoms with Crippen molar-refractivity contribution in [3.63, 3.8) is 0 Å². The van der Waals surface area contributed by atoms with Gasteiger partial charge in [0.1, 0.15) is 6.34 Å². The Labute approximate surface area is 113 Å². The first-order valence-electron chi connectivity index (χ1n) is 5.60. The lowest BCUT2D eigenvalue weighted by molar-refractivity contribution is 0.0580. The summed E-state index contributed by atoms with van der Waals surface area (Å²) in [4.78, 5) is 22.5. The van der Waals surface area contributed by atoms with Crippen molar-refractivity contribution in [2.45, 2.75) is 12.3 Å². The molecule has 0 amide bonds. The molecule has 12 heteroatoms. The van der Waals surface area contributed by atoms with Crippen molar-refractivity contribution in [3.8, 4) is 0 Å². The van der Waals surface area contributed by atoms with Gasteiger partial charge in [-0.25, -0.2) is 19.1 Å². The minimum atomic E-state index is -4.48. The van der Waals surface area contributed by atoms with Crippen molar-refractivity contribution >= 4 is 26.0 Å². The number of nitrogens with two attached hydrogens (primary N) is 1. The fourth-order valence-electron chi connectivity index (χ4n) is 1.66. The number of hydrogen-bond acceptors (Lipinski definition) is 8. The van der Waals surface area contributed by atoms with Gasteiger partial charge in [0.15, 0.2) is 13.0 Å². The summed E-state index contributed by atoms with van der Waals surface area (Å²) in [5.41, 5.74) is 5.50. The number of aliphatic hydroxyl groups is 1. The van der Waals surface area contributed by atoms with Gasteiger partial charge in [-0.3, -0.25) is 15.6 Å². The maximum Gasteiger partial charge on any atom is 0.469 e. The molecule has 2 atom stereocenters. The Balaban J connectivity index is 1.82. The summed E-state index contributed by atoms with van der Waals surface area (Å²) < 4.78 is 23.8. The van der Waals surface area contributed by atoms with Gasteiger partial charge < -0.3 is 19.6 Å². The quantitative estimate of drug-likeness (QED) is 0.190. The maximum atomic E-state index is 10.4. The topological polar surface area (TPSA) is 164 Å². The smallest absolute Gasteiger partial charge is 0.362 e. The lowest BCUT2D eigenvalue weighted by Gasteiger charge is -2.18. The Morgan fingerprint density at radius 3 is 3.00 bits per heavy atom. The summed E-state index contributed by atoms with van der Waals surface area (Å²) in [6.45, 7) is -0.222. The molecule has 0 bridgehead atoms. The minimum Gasteiger partial charge on any atom is -0.362 e. The van der Waals surface area contributed by atoms with Crippen LogP contribution in [-0.4, -0.2) is 70.1 Å². The average molecular weight is 308 g/mol. The molecule has 2 rings (SSSR count). The van der Waals surface area contributed by atoms with E-state index in [9.17, 15) is 9.67 Å². The number of phosphoric acid groups is 1. The predicted octanol–water partition coefficient (Wildman–Crippen LogP) is -3.52. The van der Waals surface area contributed by atoms with E-state index in [1.165, 1.54) is 11.2 Å². The van der Waals surface area contributed by atoms with Crippen molar-refractivity contribution in [1.82, 2.24) is 14.9 Å². The molecule has 6 N–H and O–H groups in total. The Kier molecular flexibility index (Phi) is 4.41. The molecule has 2 aliphatic rings. The molecule has 2 aliphatic heterocycles. The summed E-state index contributed by atoms with van der Waals surface area (Å²) in [6.07, 6.45) is 0.485. The van der Waals surface area contributed by atoms with E-state index in [1.54, 1.807) is 0 Å². The van der Waals surface area contributed by atoms with Crippen molar-refractivity contribution in [2.75, 3.05) is 19.9 Å². The number of amidine groups is 1. The Morgan fingerprint density at radius 1 is 1.55 bits per heavy atom. The van der Waals surface area contributed by atoms with Crippen molar-refractivity contribution in [3.05, 3.63) is 0 Å². The number of fused-ring (bicyclic) bond motifs is 1. The molecular weight excluding hydrogens is 293 g/mol. The number of ether oxygens (including phenoxy) is 1. The second kappa shape index (κ2) is 5.90. The average Bonchev–Trinajstić information content (AvgIpc) is 2.70. The monoisotopic (exact) mass is 308 g/mol. The highest BCUT2D eigenvalue weighted by Gasteiger charge is 2.41. The molecule has 0 fully saturated rings. The van der Waals surface area contributed by atoms with Crippen LogP contribution in [0.2, 0.25) is 0 Å². The van der Waals surface area contributed by atoms with E-state index >= 15 is 0 Å². The van der Waals surface area contributed by atoms with Crippen LogP contribution in [0.15, 0.2) is 4.99 Å². The number of nitrogens with one attached hydrogen (secondary N) is 1. The molecule has 20 heavy (non-hydrogen) atoms. The van der Waals surface area contributed by atoms with Crippen LogP contribution in [0.5, 0.6) is 0 Å². The first-order valence-corrected chi connectivity index (χ1v) is 7.13. The SMILES string of the molecule is NC1=[N+]=C2C(N=CN2COCCOP(=O)(O)O)C(O)N1. The number of guanidine groups is 1. The molecule has 112 valence electrons. The highest BCUT2D eigenvalue weighted by Crippen LogP contribution is 2.35. The summed E-state index contributed by atoms with van der Waals surface area (Å²) >= 11 is 0. The zero-order valence-corrected chi connectivity index (χ0v) is 11.2. The van der Waals surface area contributed by atoms with E-state index in [-0.39, 0.29) is 25.9 Å². The first-order chi connectivity index (χ1) is 9.37. The van der Waals surface area contributed by atoms with Gasteiger partial charge in [0, 0.05) is 0 Å². The molecule has 2 unspecified atom stereocenters. The minimum absolute atomic E-state index is 0.0204. The molecule has 0 aliphatic carbocycles. The van der Waals surface area contributed by atoms with Crippen LogP contribution >= 0.6 is 7.82 Å². The van der Waals surface area contributed by atoms with Crippen LogP contribution in [0.1, 0.15) is 0 Å². The number of aliphatic imine (C=N–C) groups is 1. The van der Waals surface area contributed by atoms with E-state index in [0.717, 1.165) is 0 Å². The van der Waals surface area contributed by atoms with E-state index < -0.39 is 20.1 Å². The van der Waals surface area contributed by atoms with Gasteiger partial charge in [-0.2, -0.15) is 0 Å². The van der Waals surface area contributed by atoms with Crippen LogP contribution in [0.25, 0.3) is 0 Å². The van der Waals surface area contributed by atoms with E-state index in [4.69, 9.17) is 20.3 Å². The summed E-state index contributed by atoms with van der Waals surface area (Å²) in [6, 6.07) is -0.558. The summed E-state index contributed by atoms with van der Waals surface area (Å²) in [5.74, 6) is 0.508. The molecule has 2 heterocycles. The zero-order chi connectivity index (χ0) is 14.8. The van der Waals surface area contributed by atoms with Crippen LogP contribution < -0.4 is 15.7 Å². The van der Waals surface area contributed by atoms with Crippen molar-refractivity contribution in [2.24, 2.45) is 10.7 Å². The second-order valence-corrected chi connectivity index (χ2v) is 5.22. The van der Waals surface area contributed by atoms with Gasteiger partial charge in [0.2, 0.25) is 6.04 Å². The number of aliphatic hydroxyl groups excluding tert-OH is 1. The summed E-state index contributed by atoms with van der Waals surface area (Å²) in [5, 5.41) is 12.2. The van der Waals surface area contributed by atoms with Crippen LogP contribution in [-0.2, 0) is 13.8 Å². The largest absolute Gasteiger partial charge is 0.469 e. The molecule has 0 aromatic rings. The molecule has 0 aromatic heterocycles. The molecule has 0 saturated heterocycles. The van der Waals surface area contributed by atoms with Gasteiger partial charge in [-0.1, -0.05) is 0 Å². The third kappa shape index (κ3) is 3.78. The fourth-order valence-corrected chi connectivity index (χ4v) is 1.98. The van der Waals surface area contributed by atoms with Gasteiger partial charge in [-0.15, -0.1) is 0 Å². The third-order valence-corrected chi connectivity index (χ3v) is 2.99. The van der Waals surface area contributed by atoms with E-state index in [1.807, 2.05) is 0 Å². The van der Waals surface area contributed by atoms with Crippen molar-refractivity contribution in [1.29, 1.82) is 0 Å². The van der Waals surface area contributed by atoms with E-state index in [0.29, 0.717) is 5.84 Å². The maximum absolute atomic E-state index is 10.4. The number of phosphoric ester groups is 1. The molecular formula is C8H15N5O6P+. The first kappa shape index (κ1) is 14.9. The molecule has 0 saturated carbocycles. The van der Waals surface area contributed by atoms with Crippen LogP contribution in [0, 0.1) is 0 Å². The lowest BCUT2D eigenvalue weighted by atomic mass is 10.2. The van der Waals surface area contributed by atoms with Gasteiger partial charge in [0.25, 0.3) is 5.84 Å². The standard InChI is InChI=1S/C8H14N5O6P/c9-8-11-6-5(7(14)12-8)10-3-13(6)4-18-1-2-19-20(15,16)17/h3,5,7,14H,1-2,4H2,(H4,9,12,15,16,17)/p+1. The molecule has 0 aromatic carbocycles. The van der Waals surface area contributed by atoms with Gasteiger partial charge in [-0.05, 0) is 0 Å². The highest BCUT2D eigenvalue weighted by atomic mass is 31.2. The fraction of sp³-hybridized carbons (Fsp3) is 0.625. The Hall–Kier alpha value is -1.45. The zero-order valence-electron chi connectivity index (χ0n) is 10.3. The van der Waals surface area contributed by atoms with E-state index in [2.05, 4.69) is 19.5 Å². The van der Waals surface area contributed by atoms with Gasteiger partial charge >= 0.3 is 13.8 Å². The second-order valence-electron chi connectivity index (χ2n) is 3.98. The Morgan fingerprint density at radius 2 is 2.30 bits per heavy atom. The number of rotatable bonds is 6. The molecule has 0 spiro atoms. The third-order valence-electron chi connectivity index (χ3n) is 2.47. The van der Waals surface area contributed by atoms with Gasteiger partial charge in [0.05, 0.1) is 13.2 Å². The van der Waals surface area contributed by atoms with Crippen molar-refractivity contribution < 1.29 is 28.7 Å². The predicted molar refractivity (Wildman–Crippen MR) is 68.4 cm³/mol. The lowest BCUT2D eigenvalue weighted by Crippen LogP contribution is -2.56. The summed E-state index contributed by atoms with van der Waals surface area (Å²) in [7, 11) is -4.48. The molecule has 11 nitrogen and oxygen atoms in total. The van der Waals surface area contributed by atoms with Crippen LogP contribution in [0.3, 0.4) is 0 Å². The normalized spacial score (nSPS) is 25.1. The highest BCUT2D eigenvalue weighted by molar-refractivity contribution is 7.46.